The van der Waals surface area contributed by atoms with Gasteiger partial charge in [-0.05, 0) is 37.6 Å². The van der Waals surface area contributed by atoms with Crippen LogP contribution >= 0.6 is 0 Å². The number of hydrogen-bond acceptors (Lipinski definition) is 4. The molecule has 0 bridgehead atoms. The standard InChI is InChI=1S/C12H12F3N3O/c1-6-7(2)17-10-4-3-8(19-12(13,14)15)5-9(10)11(6)18-16/h3-5H,16H2,1-2H3,(H,17,18). The first-order chi connectivity index (χ1) is 8.81. The van der Waals surface area contributed by atoms with Crippen molar-refractivity contribution in [2.75, 3.05) is 5.43 Å². The van der Waals surface area contributed by atoms with Crippen molar-refractivity contribution in [1.82, 2.24) is 4.98 Å². The second-order valence-corrected chi connectivity index (χ2v) is 4.07. The highest BCUT2D eigenvalue weighted by Gasteiger charge is 2.31. The fourth-order valence-electron chi connectivity index (χ4n) is 1.84. The van der Waals surface area contributed by atoms with Crippen molar-refractivity contribution < 1.29 is 17.9 Å². The molecule has 2 rings (SSSR count). The fourth-order valence-corrected chi connectivity index (χ4v) is 1.84. The molecule has 2 aromatic rings. The average molecular weight is 271 g/mol. The highest BCUT2D eigenvalue weighted by molar-refractivity contribution is 5.94. The number of nitrogens with zero attached hydrogens (tertiary/aromatic N) is 1. The first kappa shape index (κ1) is 13.4. The Hall–Kier alpha value is -2.02. The van der Waals surface area contributed by atoms with Crippen LogP contribution in [0.4, 0.5) is 18.9 Å². The summed E-state index contributed by atoms with van der Waals surface area (Å²) in [4.78, 5) is 4.29. The summed E-state index contributed by atoms with van der Waals surface area (Å²) < 4.78 is 40.5. The second kappa shape index (κ2) is 4.58. The van der Waals surface area contributed by atoms with Gasteiger partial charge < -0.3 is 10.2 Å². The van der Waals surface area contributed by atoms with E-state index in [2.05, 4.69) is 15.1 Å². The topological polar surface area (TPSA) is 60.2 Å². The van der Waals surface area contributed by atoms with E-state index in [1.54, 1.807) is 13.8 Å². The van der Waals surface area contributed by atoms with Gasteiger partial charge in [-0.15, -0.1) is 13.2 Å². The number of ether oxygens (including phenoxy) is 1. The Kier molecular flexibility index (Phi) is 3.23. The number of nitrogens with one attached hydrogen (secondary N) is 1. The minimum atomic E-state index is -4.73. The molecule has 0 amide bonds. The SMILES string of the molecule is Cc1nc2ccc(OC(F)(F)F)cc2c(NN)c1C. The zero-order chi connectivity index (χ0) is 14.2. The summed E-state index contributed by atoms with van der Waals surface area (Å²) in [6.07, 6.45) is -4.73. The Morgan fingerprint density at radius 1 is 1.26 bits per heavy atom. The van der Waals surface area contributed by atoms with Gasteiger partial charge in [0.15, 0.2) is 0 Å². The molecule has 0 aliphatic rings. The molecule has 19 heavy (non-hydrogen) atoms. The first-order valence-electron chi connectivity index (χ1n) is 5.45. The van der Waals surface area contributed by atoms with Crippen LogP contribution in [0, 0.1) is 13.8 Å². The Morgan fingerprint density at radius 2 is 1.95 bits per heavy atom. The largest absolute Gasteiger partial charge is 0.573 e. The highest BCUT2D eigenvalue weighted by Crippen LogP contribution is 2.32. The summed E-state index contributed by atoms with van der Waals surface area (Å²) in [5.74, 6) is 5.12. The van der Waals surface area contributed by atoms with E-state index in [0.29, 0.717) is 16.6 Å². The van der Waals surface area contributed by atoms with Crippen LogP contribution in [0.3, 0.4) is 0 Å². The van der Waals surface area contributed by atoms with Crippen molar-refractivity contribution in [3.8, 4) is 5.75 Å². The third-order valence-electron chi connectivity index (χ3n) is 2.82. The number of hydrogen-bond donors (Lipinski definition) is 2. The van der Waals surface area contributed by atoms with Gasteiger partial charge in [0.2, 0.25) is 0 Å². The Morgan fingerprint density at radius 3 is 2.53 bits per heavy atom. The van der Waals surface area contributed by atoms with Gasteiger partial charge in [0.25, 0.3) is 0 Å². The van der Waals surface area contributed by atoms with Gasteiger partial charge in [0, 0.05) is 11.1 Å². The van der Waals surface area contributed by atoms with E-state index in [-0.39, 0.29) is 5.75 Å². The fraction of sp³-hybridized carbons (Fsp3) is 0.250. The number of benzene rings is 1. The number of halogens is 3. The lowest BCUT2D eigenvalue weighted by Crippen LogP contribution is -2.17. The monoisotopic (exact) mass is 271 g/mol. The molecule has 102 valence electrons. The summed E-state index contributed by atoms with van der Waals surface area (Å²) in [6.45, 7) is 3.59. The second-order valence-electron chi connectivity index (χ2n) is 4.07. The lowest BCUT2D eigenvalue weighted by Gasteiger charge is -2.14. The molecule has 0 saturated carbocycles. The number of fused-ring (bicyclic) bond motifs is 1. The van der Waals surface area contributed by atoms with E-state index >= 15 is 0 Å². The molecule has 0 saturated heterocycles. The molecule has 0 atom stereocenters. The molecular formula is C12H12F3N3O. The number of rotatable bonds is 2. The molecule has 3 N–H and O–H groups in total. The van der Waals surface area contributed by atoms with Crippen molar-refractivity contribution in [2.24, 2.45) is 5.84 Å². The summed E-state index contributed by atoms with van der Waals surface area (Å²) in [5, 5.41) is 0.479. The molecule has 0 spiro atoms. The van der Waals surface area contributed by atoms with E-state index in [4.69, 9.17) is 5.84 Å². The van der Waals surface area contributed by atoms with Gasteiger partial charge in [0.1, 0.15) is 5.75 Å². The number of nitrogen functional groups attached to an aromatic ring is 1. The Labute approximate surface area is 107 Å². The summed E-state index contributed by atoms with van der Waals surface area (Å²) in [5.41, 5.74) is 5.11. The van der Waals surface area contributed by atoms with E-state index in [0.717, 1.165) is 11.3 Å². The van der Waals surface area contributed by atoms with Crippen LogP contribution < -0.4 is 16.0 Å². The van der Waals surface area contributed by atoms with Crippen LogP contribution in [0.5, 0.6) is 5.75 Å². The van der Waals surface area contributed by atoms with Crippen LogP contribution in [-0.2, 0) is 0 Å². The van der Waals surface area contributed by atoms with Crippen molar-refractivity contribution in [3.63, 3.8) is 0 Å². The van der Waals surface area contributed by atoms with Gasteiger partial charge in [0.05, 0.1) is 11.2 Å². The minimum Gasteiger partial charge on any atom is -0.406 e. The maximum atomic E-state index is 12.2. The lowest BCUT2D eigenvalue weighted by atomic mass is 10.1. The minimum absolute atomic E-state index is 0.304. The normalized spacial score (nSPS) is 11.7. The Balaban J connectivity index is 2.61. The average Bonchev–Trinajstić information content (AvgIpc) is 2.29. The molecule has 0 aliphatic heterocycles. The van der Waals surface area contributed by atoms with Crippen molar-refractivity contribution in [2.45, 2.75) is 20.2 Å². The molecule has 0 aliphatic carbocycles. The lowest BCUT2D eigenvalue weighted by molar-refractivity contribution is -0.274. The van der Waals surface area contributed by atoms with Gasteiger partial charge in [-0.25, -0.2) is 0 Å². The van der Waals surface area contributed by atoms with Crippen LogP contribution in [0.2, 0.25) is 0 Å². The van der Waals surface area contributed by atoms with Crippen LogP contribution in [0.1, 0.15) is 11.3 Å². The van der Waals surface area contributed by atoms with Crippen molar-refractivity contribution >= 4 is 16.6 Å². The zero-order valence-electron chi connectivity index (χ0n) is 10.3. The predicted molar refractivity (Wildman–Crippen MR) is 65.7 cm³/mol. The molecule has 0 unspecified atom stereocenters. The summed E-state index contributed by atoms with van der Waals surface area (Å²) in [6, 6.07) is 3.94. The maximum absolute atomic E-state index is 12.2. The molecule has 4 nitrogen and oxygen atoms in total. The van der Waals surface area contributed by atoms with Crippen molar-refractivity contribution in [1.29, 1.82) is 0 Å². The van der Waals surface area contributed by atoms with Crippen LogP contribution in [-0.4, -0.2) is 11.3 Å². The van der Waals surface area contributed by atoms with Crippen LogP contribution in [0.15, 0.2) is 18.2 Å². The van der Waals surface area contributed by atoms with E-state index in [1.807, 2.05) is 0 Å². The molecular weight excluding hydrogens is 259 g/mol. The number of hydrazine groups is 1. The van der Waals surface area contributed by atoms with E-state index in [1.165, 1.54) is 18.2 Å². The van der Waals surface area contributed by atoms with E-state index in [9.17, 15) is 13.2 Å². The predicted octanol–water partition coefficient (Wildman–Crippen LogP) is 3.04. The maximum Gasteiger partial charge on any atom is 0.573 e. The smallest absolute Gasteiger partial charge is 0.406 e. The highest BCUT2D eigenvalue weighted by atomic mass is 19.4. The number of pyridine rings is 1. The third kappa shape index (κ3) is 2.70. The zero-order valence-corrected chi connectivity index (χ0v) is 10.3. The number of aromatic nitrogens is 1. The van der Waals surface area contributed by atoms with Crippen molar-refractivity contribution in [3.05, 3.63) is 29.5 Å². The number of anilines is 1. The first-order valence-corrected chi connectivity index (χ1v) is 5.45. The molecule has 0 radical (unpaired) electrons. The molecule has 1 aromatic carbocycles. The molecule has 1 heterocycles. The number of alkyl halides is 3. The molecule has 0 fully saturated rings. The molecule has 1 aromatic heterocycles. The Bertz CT molecular complexity index is 626. The quantitative estimate of drug-likeness (QED) is 0.651. The van der Waals surface area contributed by atoms with E-state index < -0.39 is 6.36 Å². The third-order valence-corrected chi connectivity index (χ3v) is 2.82. The number of nitrogens with two attached hydrogens (primary N) is 1. The summed E-state index contributed by atoms with van der Waals surface area (Å²) in [7, 11) is 0. The summed E-state index contributed by atoms with van der Waals surface area (Å²) >= 11 is 0. The number of aryl methyl sites for hydroxylation is 1. The van der Waals surface area contributed by atoms with Gasteiger partial charge in [-0.1, -0.05) is 0 Å². The van der Waals surface area contributed by atoms with Crippen LogP contribution in [0.25, 0.3) is 10.9 Å². The van der Waals surface area contributed by atoms with Gasteiger partial charge >= 0.3 is 6.36 Å². The molecule has 7 heteroatoms. The van der Waals surface area contributed by atoms with Gasteiger partial charge in [-0.2, -0.15) is 0 Å². The van der Waals surface area contributed by atoms with Gasteiger partial charge in [-0.3, -0.25) is 10.8 Å².